The van der Waals surface area contributed by atoms with E-state index in [1.54, 1.807) is 6.20 Å². The summed E-state index contributed by atoms with van der Waals surface area (Å²) >= 11 is 0. The Labute approximate surface area is 70.1 Å². The van der Waals surface area contributed by atoms with Crippen LogP contribution in [0.5, 0.6) is 0 Å². The average Bonchev–Trinajstić information content (AvgIpc) is 2.33. The maximum absolute atomic E-state index is 5.79. The first-order valence-corrected chi connectivity index (χ1v) is 3.08. The van der Waals surface area contributed by atoms with E-state index in [1.165, 1.54) is 6.26 Å². The maximum Gasteiger partial charge on any atom is 0.218 e. The van der Waals surface area contributed by atoms with Crippen LogP contribution in [-0.4, -0.2) is 18.2 Å². The standard InChI is InChI=1S/C6H8N2O2.ClH/c7-6(3-9-4-6)5-8-1-2-10-5;/h1-2H,3-4,7H2;1H. The van der Waals surface area contributed by atoms with Gasteiger partial charge in [0.2, 0.25) is 5.89 Å². The maximum atomic E-state index is 5.79. The van der Waals surface area contributed by atoms with Crippen LogP contribution >= 0.6 is 12.4 Å². The number of oxazole rings is 1. The van der Waals surface area contributed by atoms with Gasteiger partial charge < -0.3 is 14.9 Å². The molecule has 1 saturated heterocycles. The topological polar surface area (TPSA) is 61.3 Å². The van der Waals surface area contributed by atoms with Crippen molar-refractivity contribution in [1.29, 1.82) is 0 Å². The molecule has 4 nitrogen and oxygen atoms in total. The lowest BCUT2D eigenvalue weighted by Crippen LogP contribution is -2.54. The highest BCUT2D eigenvalue weighted by molar-refractivity contribution is 5.85. The van der Waals surface area contributed by atoms with Crippen LogP contribution in [0.1, 0.15) is 5.89 Å². The van der Waals surface area contributed by atoms with Gasteiger partial charge in [-0.2, -0.15) is 0 Å². The van der Waals surface area contributed by atoms with E-state index in [4.69, 9.17) is 14.9 Å². The molecule has 0 spiro atoms. The van der Waals surface area contributed by atoms with Gasteiger partial charge in [0.25, 0.3) is 0 Å². The molecule has 1 aliphatic rings. The molecule has 0 bridgehead atoms. The Morgan fingerprint density at radius 2 is 2.27 bits per heavy atom. The summed E-state index contributed by atoms with van der Waals surface area (Å²) in [4.78, 5) is 3.94. The first kappa shape index (κ1) is 8.52. The van der Waals surface area contributed by atoms with Gasteiger partial charge in [0.05, 0.1) is 19.4 Å². The van der Waals surface area contributed by atoms with E-state index in [-0.39, 0.29) is 12.4 Å². The molecule has 0 saturated carbocycles. The van der Waals surface area contributed by atoms with Crippen molar-refractivity contribution in [2.45, 2.75) is 5.54 Å². The summed E-state index contributed by atoms with van der Waals surface area (Å²) in [6.45, 7) is 1.01. The monoisotopic (exact) mass is 176 g/mol. The van der Waals surface area contributed by atoms with E-state index in [0.29, 0.717) is 19.1 Å². The third-order valence-corrected chi connectivity index (χ3v) is 1.58. The predicted molar refractivity (Wildman–Crippen MR) is 40.4 cm³/mol. The fourth-order valence-corrected chi connectivity index (χ4v) is 0.915. The zero-order valence-electron chi connectivity index (χ0n) is 5.82. The lowest BCUT2D eigenvalue weighted by Gasteiger charge is -2.34. The summed E-state index contributed by atoms with van der Waals surface area (Å²) in [5, 5.41) is 0. The molecule has 1 aromatic heterocycles. The minimum atomic E-state index is -0.455. The molecule has 2 heterocycles. The fourth-order valence-electron chi connectivity index (χ4n) is 0.915. The molecule has 1 fully saturated rings. The van der Waals surface area contributed by atoms with Gasteiger partial charge in [-0.25, -0.2) is 4.98 Å². The number of ether oxygens (including phenoxy) is 1. The molecule has 62 valence electrons. The van der Waals surface area contributed by atoms with Crippen LogP contribution in [0.15, 0.2) is 16.9 Å². The number of hydrogen-bond donors (Lipinski definition) is 1. The highest BCUT2D eigenvalue weighted by atomic mass is 35.5. The zero-order chi connectivity index (χ0) is 7.03. The van der Waals surface area contributed by atoms with Crippen LogP contribution in [0.4, 0.5) is 0 Å². The van der Waals surface area contributed by atoms with Crippen molar-refractivity contribution in [2.75, 3.05) is 13.2 Å². The predicted octanol–water partition coefficient (Wildman–Crippen LogP) is 0.281. The molecular formula is C6H9ClN2O2. The Morgan fingerprint density at radius 3 is 2.64 bits per heavy atom. The lowest BCUT2D eigenvalue weighted by atomic mass is 10.00. The highest BCUT2D eigenvalue weighted by Gasteiger charge is 2.40. The van der Waals surface area contributed by atoms with Crippen LogP contribution in [0.2, 0.25) is 0 Å². The van der Waals surface area contributed by atoms with E-state index in [0.717, 1.165) is 0 Å². The van der Waals surface area contributed by atoms with Crippen molar-refractivity contribution >= 4 is 12.4 Å². The number of halogens is 1. The number of hydrogen-bond acceptors (Lipinski definition) is 4. The summed E-state index contributed by atoms with van der Waals surface area (Å²) in [5.41, 5.74) is 5.33. The van der Waals surface area contributed by atoms with Gasteiger partial charge in [0.1, 0.15) is 11.8 Å². The number of aromatic nitrogens is 1. The molecule has 2 N–H and O–H groups in total. The Hall–Kier alpha value is -0.580. The third-order valence-electron chi connectivity index (χ3n) is 1.58. The zero-order valence-corrected chi connectivity index (χ0v) is 6.63. The Balaban J connectivity index is 0.000000605. The van der Waals surface area contributed by atoms with Crippen molar-refractivity contribution < 1.29 is 9.15 Å². The van der Waals surface area contributed by atoms with Gasteiger partial charge >= 0.3 is 0 Å². The average molecular weight is 177 g/mol. The first-order valence-electron chi connectivity index (χ1n) is 3.08. The molecule has 1 aliphatic heterocycles. The van der Waals surface area contributed by atoms with E-state index < -0.39 is 5.54 Å². The van der Waals surface area contributed by atoms with Crippen LogP contribution in [-0.2, 0) is 10.3 Å². The quantitative estimate of drug-likeness (QED) is 0.668. The van der Waals surface area contributed by atoms with Crippen molar-refractivity contribution in [2.24, 2.45) is 5.73 Å². The molecule has 0 aliphatic carbocycles. The Bertz CT molecular complexity index is 220. The van der Waals surface area contributed by atoms with Crippen molar-refractivity contribution in [3.8, 4) is 0 Å². The molecule has 0 amide bonds. The summed E-state index contributed by atoms with van der Waals surface area (Å²) in [6, 6.07) is 0. The van der Waals surface area contributed by atoms with Gasteiger partial charge in [0, 0.05) is 0 Å². The van der Waals surface area contributed by atoms with E-state index in [9.17, 15) is 0 Å². The third kappa shape index (κ3) is 1.24. The van der Waals surface area contributed by atoms with E-state index in [1.807, 2.05) is 0 Å². The molecule has 0 aromatic carbocycles. The van der Waals surface area contributed by atoms with Crippen LogP contribution in [0.25, 0.3) is 0 Å². The van der Waals surface area contributed by atoms with E-state index in [2.05, 4.69) is 4.98 Å². The number of nitrogens with two attached hydrogens (primary N) is 1. The second-order valence-corrected chi connectivity index (χ2v) is 2.49. The van der Waals surface area contributed by atoms with Gasteiger partial charge in [-0.15, -0.1) is 12.4 Å². The fraction of sp³-hybridized carbons (Fsp3) is 0.500. The second kappa shape index (κ2) is 2.81. The second-order valence-electron chi connectivity index (χ2n) is 2.49. The van der Waals surface area contributed by atoms with Gasteiger partial charge in [-0.05, 0) is 0 Å². The number of rotatable bonds is 1. The van der Waals surface area contributed by atoms with Crippen molar-refractivity contribution in [3.63, 3.8) is 0 Å². The van der Waals surface area contributed by atoms with Gasteiger partial charge in [0.15, 0.2) is 0 Å². The summed E-state index contributed by atoms with van der Waals surface area (Å²) in [6.07, 6.45) is 3.10. The lowest BCUT2D eigenvalue weighted by molar-refractivity contribution is -0.0694. The van der Waals surface area contributed by atoms with Crippen LogP contribution in [0.3, 0.4) is 0 Å². The summed E-state index contributed by atoms with van der Waals surface area (Å²) < 4.78 is 9.96. The molecule has 0 unspecified atom stereocenters. The Morgan fingerprint density at radius 1 is 1.55 bits per heavy atom. The van der Waals surface area contributed by atoms with Crippen molar-refractivity contribution in [3.05, 3.63) is 18.4 Å². The van der Waals surface area contributed by atoms with Gasteiger partial charge in [-0.1, -0.05) is 0 Å². The SMILES string of the molecule is Cl.NC1(c2ncco2)COC1. The molecule has 1 aromatic rings. The van der Waals surface area contributed by atoms with Crippen LogP contribution in [0, 0.1) is 0 Å². The molecule has 11 heavy (non-hydrogen) atoms. The Kier molecular flexibility index (Phi) is 2.17. The number of nitrogens with zero attached hydrogens (tertiary/aromatic N) is 1. The highest BCUT2D eigenvalue weighted by Crippen LogP contribution is 2.24. The molecule has 0 atom stereocenters. The van der Waals surface area contributed by atoms with Gasteiger partial charge in [-0.3, -0.25) is 0 Å². The van der Waals surface area contributed by atoms with E-state index >= 15 is 0 Å². The first-order chi connectivity index (χ1) is 4.81. The summed E-state index contributed by atoms with van der Waals surface area (Å²) in [5.74, 6) is 0.568. The molecule has 2 rings (SSSR count). The molecule has 5 heteroatoms. The molecular weight excluding hydrogens is 168 g/mol. The largest absolute Gasteiger partial charge is 0.447 e. The minimum absolute atomic E-state index is 0. The molecule has 0 radical (unpaired) electrons. The van der Waals surface area contributed by atoms with Crippen molar-refractivity contribution in [1.82, 2.24) is 4.98 Å². The van der Waals surface area contributed by atoms with Crippen LogP contribution < -0.4 is 5.73 Å². The summed E-state index contributed by atoms with van der Waals surface area (Å²) in [7, 11) is 0. The minimum Gasteiger partial charge on any atom is -0.447 e. The normalized spacial score (nSPS) is 20.1. The smallest absolute Gasteiger partial charge is 0.218 e.